The number of thiazole rings is 1. The third kappa shape index (κ3) is 3.89. The number of aromatic nitrogens is 1. The summed E-state index contributed by atoms with van der Waals surface area (Å²) in [6.45, 7) is 0. The molecule has 2 aromatic carbocycles. The van der Waals surface area contributed by atoms with Crippen LogP contribution in [0, 0.1) is 5.82 Å². The molecule has 3 aromatic rings. The highest BCUT2D eigenvalue weighted by Gasteiger charge is 2.15. The van der Waals surface area contributed by atoms with Gasteiger partial charge in [0, 0.05) is 23.6 Å². The first kappa shape index (κ1) is 18.0. The van der Waals surface area contributed by atoms with E-state index in [1.807, 2.05) is 0 Å². The molecule has 0 saturated heterocycles. The van der Waals surface area contributed by atoms with Crippen LogP contribution in [0.15, 0.2) is 47.8 Å². The molecular weight excluding hydrogens is 377 g/mol. The molecular formula is C18H13ClFN3O2S. The number of carbonyl (C=O) groups excluding carboxylic acids is 2. The summed E-state index contributed by atoms with van der Waals surface area (Å²) in [5.41, 5.74) is 1.61. The molecule has 132 valence electrons. The molecule has 1 heterocycles. The molecule has 1 aromatic heterocycles. The molecule has 0 spiro atoms. The maximum atomic E-state index is 13.0. The number of anilines is 1. The van der Waals surface area contributed by atoms with Gasteiger partial charge in [0.25, 0.3) is 11.8 Å². The van der Waals surface area contributed by atoms with Crippen LogP contribution in [0.1, 0.15) is 20.8 Å². The van der Waals surface area contributed by atoms with Gasteiger partial charge in [0.2, 0.25) is 0 Å². The maximum Gasteiger partial charge on any atom is 0.275 e. The van der Waals surface area contributed by atoms with Crippen LogP contribution < -0.4 is 10.6 Å². The monoisotopic (exact) mass is 389 g/mol. The Bertz CT molecular complexity index is 973. The molecule has 8 heteroatoms. The Morgan fingerprint density at radius 2 is 1.85 bits per heavy atom. The third-order valence-electron chi connectivity index (χ3n) is 3.53. The summed E-state index contributed by atoms with van der Waals surface area (Å²) < 4.78 is 13.0. The molecule has 0 atom stereocenters. The Labute approximate surface area is 157 Å². The molecule has 0 saturated carbocycles. The van der Waals surface area contributed by atoms with E-state index in [1.54, 1.807) is 23.6 Å². The highest BCUT2D eigenvalue weighted by atomic mass is 35.5. The van der Waals surface area contributed by atoms with Gasteiger partial charge in [-0.05, 0) is 42.5 Å². The first-order valence-corrected chi connectivity index (χ1v) is 8.78. The molecule has 2 N–H and O–H groups in total. The van der Waals surface area contributed by atoms with E-state index >= 15 is 0 Å². The zero-order valence-electron chi connectivity index (χ0n) is 13.5. The molecule has 2 amide bonds. The summed E-state index contributed by atoms with van der Waals surface area (Å²) in [5, 5.41) is 7.66. The highest BCUT2D eigenvalue weighted by Crippen LogP contribution is 2.26. The lowest BCUT2D eigenvalue weighted by molar-refractivity contribution is 0.0961. The second-order valence-electron chi connectivity index (χ2n) is 5.27. The number of nitrogens with one attached hydrogen (secondary N) is 2. The Kier molecular flexibility index (Phi) is 5.29. The summed E-state index contributed by atoms with van der Waals surface area (Å²) in [6.07, 6.45) is 0. The van der Waals surface area contributed by atoms with Gasteiger partial charge in [-0.25, -0.2) is 9.37 Å². The minimum Gasteiger partial charge on any atom is -0.355 e. The second-order valence-corrected chi connectivity index (χ2v) is 6.54. The summed E-state index contributed by atoms with van der Waals surface area (Å²) in [7, 11) is 1.52. The molecule has 26 heavy (non-hydrogen) atoms. The molecule has 0 aliphatic heterocycles. The van der Waals surface area contributed by atoms with Crippen molar-refractivity contribution in [2.45, 2.75) is 0 Å². The van der Waals surface area contributed by atoms with Crippen LogP contribution in [-0.4, -0.2) is 23.8 Å². The zero-order valence-corrected chi connectivity index (χ0v) is 15.1. The minimum atomic E-state index is -0.453. The van der Waals surface area contributed by atoms with Gasteiger partial charge in [-0.1, -0.05) is 11.6 Å². The topological polar surface area (TPSA) is 71.1 Å². The largest absolute Gasteiger partial charge is 0.355 e. The van der Waals surface area contributed by atoms with Crippen LogP contribution in [0.3, 0.4) is 0 Å². The maximum absolute atomic E-state index is 13.0. The number of rotatable bonds is 4. The predicted molar refractivity (Wildman–Crippen MR) is 100 cm³/mol. The molecule has 0 aliphatic rings. The molecule has 0 fully saturated rings. The van der Waals surface area contributed by atoms with E-state index in [1.165, 1.54) is 42.6 Å². The third-order valence-corrected chi connectivity index (χ3v) is 4.75. The second kappa shape index (κ2) is 7.63. The minimum absolute atomic E-state index is 0.204. The fourth-order valence-electron chi connectivity index (χ4n) is 2.20. The van der Waals surface area contributed by atoms with Gasteiger partial charge in [-0.15, -0.1) is 11.3 Å². The van der Waals surface area contributed by atoms with Crippen molar-refractivity contribution in [1.82, 2.24) is 10.3 Å². The lowest BCUT2D eigenvalue weighted by Crippen LogP contribution is -2.18. The lowest BCUT2D eigenvalue weighted by Gasteiger charge is -2.08. The lowest BCUT2D eigenvalue weighted by atomic mass is 10.2. The average molecular weight is 390 g/mol. The van der Waals surface area contributed by atoms with Crippen molar-refractivity contribution in [3.05, 3.63) is 69.9 Å². The number of benzene rings is 2. The Morgan fingerprint density at radius 1 is 1.12 bits per heavy atom. The van der Waals surface area contributed by atoms with Gasteiger partial charge < -0.3 is 10.6 Å². The van der Waals surface area contributed by atoms with E-state index in [2.05, 4.69) is 15.6 Å². The van der Waals surface area contributed by atoms with Crippen LogP contribution in [0.25, 0.3) is 10.6 Å². The first-order valence-electron chi connectivity index (χ1n) is 7.52. The highest BCUT2D eigenvalue weighted by molar-refractivity contribution is 7.13. The number of carbonyl (C=O) groups is 2. The van der Waals surface area contributed by atoms with Crippen LogP contribution in [0.4, 0.5) is 10.1 Å². The van der Waals surface area contributed by atoms with Crippen LogP contribution in [0.2, 0.25) is 5.02 Å². The van der Waals surface area contributed by atoms with Gasteiger partial charge in [-0.3, -0.25) is 9.59 Å². The van der Waals surface area contributed by atoms with E-state index < -0.39 is 5.91 Å². The van der Waals surface area contributed by atoms with Crippen LogP contribution in [-0.2, 0) is 0 Å². The SMILES string of the molecule is CNC(=O)c1ccc(Cl)c(NC(=O)c2csc(-c3ccc(F)cc3)n2)c1. The summed E-state index contributed by atoms with van der Waals surface area (Å²) in [6, 6.07) is 10.4. The number of hydrogen-bond donors (Lipinski definition) is 2. The van der Waals surface area contributed by atoms with Gasteiger partial charge in [0.05, 0.1) is 10.7 Å². The standard InChI is InChI=1S/C18H13ClFN3O2S/c1-21-16(24)11-4-7-13(19)14(8-11)22-17(25)15-9-26-18(23-15)10-2-5-12(20)6-3-10/h2-9H,1H3,(H,21,24)(H,22,25). The fraction of sp³-hybridized carbons (Fsp3) is 0.0556. The Balaban J connectivity index is 1.81. The van der Waals surface area contributed by atoms with Gasteiger partial charge in [0.1, 0.15) is 16.5 Å². The molecule has 0 bridgehead atoms. The van der Waals surface area contributed by atoms with Crippen molar-refractivity contribution in [2.24, 2.45) is 0 Å². The van der Waals surface area contributed by atoms with Crippen molar-refractivity contribution in [3.8, 4) is 10.6 Å². The number of halogens is 2. The Hall–Kier alpha value is -2.77. The Morgan fingerprint density at radius 3 is 2.54 bits per heavy atom. The van der Waals surface area contributed by atoms with Crippen LogP contribution in [0.5, 0.6) is 0 Å². The van der Waals surface area contributed by atoms with Crippen molar-refractivity contribution in [1.29, 1.82) is 0 Å². The molecule has 0 radical (unpaired) electrons. The van der Waals surface area contributed by atoms with Crippen LogP contribution >= 0.6 is 22.9 Å². The molecule has 3 rings (SSSR count). The van der Waals surface area contributed by atoms with Gasteiger partial charge in [0.15, 0.2) is 0 Å². The summed E-state index contributed by atoms with van der Waals surface area (Å²) in [4.78, 5) is 28.4. The molecule has 0 aliphatic carbocycles. The van der Waals surface area contributed by atoms with E-state index in [9.17, 15) is 14.0 Å². The fourth-order valence-corrected chi connectivity index (χ4v) is 3.17. The molecule has 0 unspecified atom stereocenters. The molecule has 5 nitrogen and oxygen atoms in total. The van der Waals surface area contributed by atoms with Crippen molar-refractivity contribution >= 4 is 40.4 Å². The van der Waals surface area contributed by atoms with Crippen molar-refractivity contribution in [2.75, 3.05) is 12.4 Å². The van der Waals surface area contributed by atoms with E-state index in [0.29, 0.717) is 21.3 Å². The smallest absolute Gasteiger partial charge is 0.275 e. The summed E-state index contributed by atoms with van der Waals surface area (Å²) in [5.74, 6) is -1.08. The van der Waals surface area contributed by atoms with E-state index in [4.69, 9.17) is 11.6 Å². The first-order chi connectivity index (χ1) is 12.5. The number of amides is 2. The quantitative estimate of drug-likeness (QED) is 0.702. The number of nitrogens with zero attached hydrogens (tertiary/aromatic N) is 1. The normalized spacial score (nSPS) is 10.4. The van der Waals surface area contributed by atoms with E-state index in [0.717, 1.165) is 5.56 Å². The average Bonchev–Trinajstić information content (AvgIpc) is 3.13. The van der Waals surface area contributed by atoms with Crippen molar-refractivity contribution in [3.63, 3.8) is 0 Å². The number of hydrogen-bond acceptors (Lipinski definition) is 4. The van der Waals surface area contributed by atoms with Gasteiger partial charge >= 0.3 is 0 Å². The summed E-state index contributed by atoms with van der Waals surface area (Å²) >= 11 is 7.36. The zero-order chi connectivity index (χ0) is 18.7. The van der Waals surface area contributed by atoms with Gasteiger partial charge in [-0.2, -0.15) is 0 Å². The van der Waals surface area contributed by atoms with Crippen molar-refractivity contribution < 1.29 is 14.0 Å². The predicted octanol–water partition coefficient (Wildman–Crippen LogP) is 4.21. The van der Waals surface area contributed by atoms with E-state index in [-0.39, 0.29) is 17.4 Å².